The van der Waals surface area contributed by atoms with E-state index in [0.717, 1.165) is 51.6 Å². The zero-order chi connectivity index (χ0) is 16.7. The molecule has 2 aliphatic heterocycles. The minimum absolute atomic E-state index is 0.0282. The Morgan fingerprint density at radius 1 is 1.17 bits per heavy atom. The molecular weight excluding hydrogens is 290 g/mol. The summed E-state index contributed by atoms with van der Waals surface area (Å²) in [6, 6.07) is -0.171. The highest BCUT2D eigenvalue weighted by molar-refractivity contribution is 6.07. The lowest BCUT2D eigenvalue weighted by molar-refractivity contribution is -0.133. The lowest BCUT2D eigenvalue weighted by Gasteiger charge is -2.40. The number of hydrogen-bond acceptors (Lipinski definition) is 3. The second-order valence-corrected chi connectivity index (χ2v) is 8.78. The zero-order valence-corrected chi connectivity index (χ0v) is 14.8. The minimum atomic E-state index is -0.610. The molecule has 2 heterocycles. The molecule has 3 amide bonds. The summed E-state index contributed by atoms with van der Waals surface area (Å²) in [6.45, 7) is 9.35. The molecule has 5 nitrogen and oxygen atoms in total. The summed E-state index contributed by atoms with van der Waals surface area (Å²) in [5.74, 6) is 1.06. The molecule has 1 unspecified atom stereocenters. The van der Waals surface area contributed by atoms with Crippen LogP contribution in [0.3, 0.4) is 0 Å². The molecule has 3 fully saturated rings. The summed E-state index contributed by atoms with van der Waals surface area (Å²) >= 11 is 0. The molecule has 0 aromatic rings. The minimum Gasteiger partial charge on any atom is -0.323 e. The van der Waals surface area contributed by atoms with Crippen LogP contribution < -0.4 is 10.6 Å². The average molecular weight is 321 g/mol. The highest BCUT2D eigenvalue weighted by atomic mass is 16.2. The number of amides is 3. The average Bonchev–Trinajstić information content (AvgIpc) is 2.72. The van der Waals surface area contributed by atoms with Crippen LogP contribution in [0.2, 0.25) is 0 Å². The Morgan fingerprint density at radius 2 is 1.87 bits per heavy atom. The molecule has 2 saturated heterocycles. The first-order valence-corrected chi connectivity index (χ1v) is 9.17. The van der Waals surface area contributed by atoms with Gasteiger partial charge in [-0.3, -0.25) is 9.69 Å². The zero-order valence-electron chi connectivity index (χ0n) is 14.8. The lowest BCUT2D eigenvalue weighted by atomic mass is 9.67. The highest BCUT2D eigenvalue weighted by Crippen LogP contribution is 2.43. The SMILES string of the molecule is CC(C)(C)C1CCC2(CC1)NC(=O)N(CC1CCCNC1)C2=O. The summed E-state index contributed by atoms with van der Waals surface area (Å²) in [5, 5.41) is 6.41. The third-order valence-corrected chi connectivity index (χ3v) is 6.15. The number of rotatable bonds is 2. The van der Waals surface area contributed by atoms with Gasteiger partial charge in [-0.05, 0) is 68.9 Å². The maximum absolute atomic E-state index is 12.9. The third-order valence-electron chi connectivity index (χ3n) is 6.15. The van der Waals surface area contributed by atoms with Gasteiger partial charge in [-0.15, -0.1) is 0 Å². The first kappa shape index (κ1) is 16.7. The molecule has 0 aromatic carbocycles. The molecule has 3 aliphatic rings. The summed E-state index contributed by atoms with van der Waals surface area (Å²) in [7, 11) is 0. The largest absolute Gasteiger partial charge is 0.325 e. The van der Waals surface area contributed by atoms with E-state index in [1.165, 1.54) is 4.90 Å². The second-order valence-electron chi connectivity index (χ2n) is 8.78. The van der Waals surface area contributed by atoms with Crippen LogP contribution in [0.4, 0.5) is 4.79 Å². The normalized spacial score (nSPS) is 35.7. The van der Waals surface area contributed by atoms with Crippen molar-refractivity contribution in [1.29, 1.82) is 0 Å². The molecule has 1 atom stereocenters. The number of hydrogen-bond donors (Lipinski definition) is 2. The Labute approximate surface area is 139 Å². The van der Waals surface area contributed by atoms with Crippen LogP contribution in [-0.2, 0) is 4.79 Å². The van der Waals surface area contributed by atoms with Crippen LogP contribution in [-0.4, -0.2) is 42.0 Å². The van der Waals surface area contributed by atoms with Gasteiger partial charge in [0.1, 0.15) is 5.54 Å². The Hall–Kier alpha value is -1.10. The molecule has 0 bridgehead atoms. The van der Waals surface area contributed by atoms with Crippen LogP contribution in [0.1, 0.15) is 59.3 Å². The van der Waals surface area contributed by atoms with Crippen molar-refractivity contribution in [2.45, 2.75) is 64.8 Å². The number of carbonyl (C=O) groups is 2. The fourth-order valence-corrected chi connectivity index (χ4v) is 4.50. The van der Waals surface area contributed by atoms with Crippen LogP contribution >= 0.6 is 0 Å². The van der Waals surface area contributed by atoms with Gasteiger partial charge in [-0.25, -0.2) is 4.79 Å². The highest BCUT2D eigenvalue weighted by Gasteiger charge is 2.53. The first-order valence-electron chi connectivity index (χ1n) is 9.17. The van der Waals surface area contributed by atoms with Crippen LogP contribution in [0.5, 0.6) is 0 Å². The first-order chi connectivity index (χ1) is 10.8. The number of nitrogens with zero attached hydrogens (tertiary/aromatic N) is 1. The third kappa shape index (κ3) is 3.25. The smallest absolute Gasteiger partial charge is 0.323 e. The van der Waals surface area contributed by atoms with E-state index < -0.39 is 5.54 Å². The van der Waals surface area contributed by atoms with Gasteiger partial charge in [0.15, 0.2) is 0 Å². The molecular formula is C18H31N3O2. The van der Waals surface area contributed by atoms with Crippen molar-refractivity contribution in [3.63, 3.8) is 0 Å². The van der Waals surface area contributed by atoms with Crippen molar-refractivity contribution in [3.05, 3.63) is 0 Å². The monoisotopic (exact) mass is 321 g/mol. The van der Waals surface area contributed by atoms with Crippen molar-refractivity contribution < 1.29 is 9.59 Å². The van der Waals surface area contributed by atoms with E-state index in [9.17, 15) is 9.59 Å². The molecule has 0 aromatic heterocycles. The number of imide groups is 1. The van der Waals surface area contributed by atoms with Gasteiger partial charge in [0, 0.05) is 6.54 Å². The van der Waals surface area contributed by atoms with E-state index in [2.05, 4.69) is 31.4 Å². The van der Waals surface area contributed by atoms with Crippen molar-refractivity contribution in [3.8, 4) is 0 Å². The number of piperidine rings is 1. The number of urea groups is 1. The van der Waals surface area contributed by atoms with E-state index in [4.69, 9.17) is 0 Å². The van der Waals surface area contributed by atoms with E-state index in [1.807, 2.05) is 0 Å². The van der Waals surface area contributed by atoms with Gasteiger partial charge < -0.3 is 10.6 Å². The molecule has 1 aliphatic carbocycles. The van der Waals surface area contributed by atoms with E-state index in [-0.39, 0.29) is 17.4 Å². The van der Waals surface area contributed by atoms with Gasteiger partial charge in [0.25, 0.3) is 5.91 Å². The van der Waals surface area contributed by atoms with Crippen molar-refractivity contribution in [2.24, 2.45) is 17.3 Å². The summed E-state index contributed by atoms with van der Waals surface area (Å²) in [5.41, 5.74) is -0.332. The van der Waals surface area contributed by atoms with Crippen molar-refractivity contribution >= 4 is 11.9 Å². The Balaban J connectivity index is 1.64. The molecule has 130 valence electrons. The second kappa shape index (κ2) is 6.08. The Kier molecular flexibility index (Phi) is 4.43. The molecule has 0 radical (unpaired) electrons. The van der Waals surface area contributed by atoms with Crippen LogP contribution in [0.15, 0.2) is 0 Å². The molecule has 1 saturated carbocycles. The fraction of sp³-hybridized carbons (Fsp3) is 0.889. The van der Waals surface area contributed by atoms with E-state index >= 15 is 0 Å². The molecule has 5 heteroatoms. The maximum atomic E-state index is 12.9. The van der Waals surface area contributed by atoms with E-state index in [0.29, 0.717) is 18.4 Å². The van der Waals surface area contributed by atoms with Gasteiger partial charge >= 0.3 is 6.03 Å². The van der Waals surface area contributed by atoms with Crippen LogP contribution in [0.25, 0.3) is 0 Å². The molecule has 2 N–H and O–H groups in total. The van der Waals surface area contributed by atoms with Gasteiger partial charge in [0.05, 0.1) is 0 Å². The number of nitrogens with one attached hydrogen (secondary N) is 2. The summed E-state index contributed by atoms with van der Waals surface area (Å²) in [4.78, 5) is 26.8. The standard InChI is InChI=1S/C18H31N3O2/c1-17(2,3)14-6-8-18(9-7-14)15(22)21(16(23)20-18)12-13-5-4-10-19-11-13/h13-14,19H,4-12H2,1-3H3,(H,20,23). The maximum Gasteiger partial charge on any atom is 0.325 e. The topological polar surface area (TPSA) is 61.4 Å². The molecule has 1 spiro atoms. The summed E-state index contributed by atoms with van der Waals surface area (Å²) in [6.07, 6.45) is 5.86. The Morgan fingerprint density at radius 3 is 2.43 bits per heavy atom. The quantitative estimate of drug-likeness (QED) is 0.768. The summed E-state index contributed by atoms with van der Waals surface area (Å²) < 4.78 is 0. The molecule has 3 rings (SSSR count). The predicted octanol–water partition coefficient (Wildman–Crippen LogP) is 2.51. The van der Waals surface area contributed by atoms with Crippen molar-refractivity contribution in [2.75, 3.05) is 19.6 Å². The fourth-order valence-electron chi connectivity index (χ4n) is 4.50. The number of carbonyl (C=O) groups excluding carboxylic acids is 2. The van der Waals surface area contributed by atoms with E-state index in [1.54, 1.807) is 0 Å². The van der Waals surface area contributed by atoms with Gasteiger partial charge in [0.2, 0.25) is 0 Å². The van der Waals surface area contributed by atoms with Crippen LogP contribution in [0, 0.1) is 17.3 Å². The predicted molar refractivity (Wildman–Crippen MR) is 90.0 cm³/mol. The van der Waals surface area contributed by atoms with Gasteiger partial charge in [-0.2, -0.15) is 0 Å². The Bertz CT molecular complexity index is 469. The van der Waals surface area contributed by atoms with Crippen molar-refractivity contribution in [1.82, 2.24) is 15.5 Å². The molecule has 23 heavy (non-hydrogen) atoms. The lowest BCUT2D eigenvalue weighted by Crippen LogP contribution is -2.51. The van der Waals surface area contributed by atoms with Gasteiger partial charge in [-0.1, -0.05) is 20.8 Å².